The molecule has 0 saturated carbocycles. The van der Waals surface area contributed by atoms with Crippen LogP contribution >= 0.6 is 0 Å². The van der Waals surface area contributed by atoms with Gasteiger partial charge in [0.25, 0.3) is 0 Å². The summed E-state index contributed by atoms with van der Waals surface area (Å²) in [7, 11) is 0. The highest BCUT2D eigenvalue weighted by Gasteiger charge is 2.14. The Morgan fingerprint density at radius 3 is 2.75 bits per heavy atom. The summed E-state index contributed by atoms with van der Waals surface area (Å²) in [5, 5.41) is 11.1. The van der Waals surface area contributed by atoms with Crippen molar-refractivity contribution in [3.05, 3.63) is 29.8 Å². The summed E-state index contributed by atoms with van der Waals surface area (Å²) >= 11 is 0. The van der Waals surface area contributed by atoms with Crippen LogP contribution in [0.5, 0.6) is 5.75 Å². The first-order valence-corrected chi connectivity index (χ1v) is 4.81. The van der Waals surface area contributed by atoms with Crippen molar-refractivity contribution in [2.45, 2.75) is 13.8 Å². The molecule has 0 aliphatic rings. The molecule has 5 nitrogen and oxygen atoms in total. The monoisotopic (exact) mass is 223 g/mol. The van der Waals surface area contributed by atoms with Crippen LogP contribution in [0.2, 0.25) is 0 Å². The van der Waals surface area contributed by atoms with Crippen molar-refractivity contribution in [3.63, 3.8) is 0 Å². The van der Waals surface area contributed by atoms with Gasteiger partial charge in [-0.3, -0.25) is 0 Å². The highest BCUT2D eigenvalue weighted by atomic mass is 16.6. The van der Waals surface area contributed by atoms with Gasteiger partial charge in [0.2, 0.25) is 5.90 Å². The van der Waals surface area contributed by atoms with E-state index in [0.29, 0.717) is 17.9 Å². The number of hydrogen-bond acceptors (Lipinski definition) is 5. The second kappa shape index (κ2) is 5.75. The van der Waals surface area contributed by atoms with E-state index in [9.17, 15) is 4.79 Å². The zero-order valence-corrected chi connectivity index (χ0v) is 9.14. The van der Waals surface area contributed by atoms with Gasteiger partial charge >= 0.3 is 5.97 Å². The molecule has 0 atom stereocenters. The number of benzene rings is 1. The SMILES string of the molecule is CCOc1ccccc1C(=O)OC(C)=NO. The molecule has 1 rings (SSSR count). The van der Waals surface area contributed by atoms with Crippen molar-refractivity contribution >= 4 is 11.9 Å². The summed E-state index contributed by atoms with van der Waals surface area (Å²) in [6.45, 7) is 3.65. The number of ether oxygens (including phenoxy) is 2. The molecule has 16 heavy (non-hydrogen) atoms. The van der Waals surface area contributed by atoms with Crippen LogP contribution in [0.4, 0.5) is 0 Å². The molecule has 0 aromatic heterocycles. The van der Waals surface area contributed by atoms with Gasteiger partial charge in [-0.1, -0.05) is 17.3 Å². The third kappa shape index (κ3) is 2.98. The molecule has 5 heteroatoms. The number of carbonyl (C=O) groups excluding carboxylic acids is 1. The van der Waals surface area contributed by atoms with E-state index in [1.165, 1.54) is 6.92 Å². The van der Waals surface area contributed by atoms with Crippen molar-refractivity contribution < 1.29 is 19.5 Å². The standard InChI is InChI=1S/C11H13NO4/c1-3-15-10-7-5-4-6-9(10)11(13)16-8(2)12-14/h4-7,14H,3H2,1-2H3. The second-order valence-electron chi connectivity index (χ2n) is 2.94. The predicted molar refractivity (Wildman–Crippen MR) is 57.9 cm³/mol. The second-order valence-corrected chi connectivity index (χ2v) is 2.94. The van der Waals surface area contributed by atoms with Gasteiger partial charge in [-0.2, -0.15) is 0 Å². The predicted octanol–water partition coefficient (Wildman–Crippen LogP) is 2.05. The Kier molecular flexibility index (Phi) is 4.32. The molecule has 0 fully saturated rings. The lowest BCUT2D eigenvalue weighted by Crippen LogP contribution is -2.11. The zero-order valence-electron chi connectivity index (χ0n) is 9.14. The third-order valence-electron chi connectivity index (χ3n) is 1.79. The summed E-state index contributed by atoms with van der Waals surface area (Å²) in [5.41, 5.74) is 0.298. The topological polar surface area (TPSA) is 68.1 Å². The number of oxime groups is 1. The van der Waals surface area contributed by atoms with Gasteiger partial charge in [0.1, 0.15) is 11.3 Å². The molecule has 0 bridgehead atoms. The van der Waals surface area contributed by atoms with Gasteiger partial charge in [0.15, 0.2) is 0 Å². The fourth-order valence-electron chi connectivity index (χ4n) is 1.13. The minimum Gasteiger partial charge on any atom is -0.493 e. The van der Waals surface area contributed by atoms with E-state index in [4.69, 9.17) is 14.7 Å². The molecule has 0 saturated heterocycles. The van der Waals surface area contributed by atoms with E-state index < -0.39 is 5.97 Å². The van der Waals surface area contributed by atoms with Crippen molar-refractivity contribution in [3.8, 4) is 5.75 Å². The van der Waals surface area contributed by atoms with Crippen molar-refractivity contribution in [1.29, 1.82) is 0 Å². The van der Waals surface area contributed by atoms with E-state index in [2.05, 4.69) is 5.16 Å². The lowest BCUT2D eigenvalue weighted by atomic mass is 10.2. The first kappa shape index (κ1) is 12.0. The van der Waals surface area contributed by atoms with Gasteiger partial charge in [-0.05, 0) is 19.1 Å². The lowest BCUT2D eigenvalue weighted by molar-refractivity contribution is 0.0701. The van der Waals surface area contributed by atoms with Crippen molar-refractivity contribution in [2.75, 3.05) is 6.61 Å². The maximum atomic E-state index is 11.6. The van der Waals surface area contributed by atoms with Crippen LogP contribution < -0.4 is 4.74 Å². The Morgan fingerprint density at radius 2 is 2.12 bits per heavy atom. The molecular formula is C11H13NO4. The van der Waals surface area contributed by atoms with Crippen LogP contribution in [0.15, 0.2) is 29.4 Å². The van der Waals surface area contributed by atoms with Crippen molar-refractivity contribution in [2.24, 2.45) is 5.16 Å². The number of rotatable bonds is 3. The molecule has 0 heterocycles. The number of carbonyl (C=O) groups is 1. The number of hydrogen-bond donors (Lipinski definition) is 1. The Morgan fingerprint density at radius 1 is 1.44 bits per heavy atom. The molecule has 1 aromatic rings. The van der Waals surface area contributed by atoms with Crippen molar-refractivity contribution in [1.82, 2.24) is 0 Å². The minimum atomic E-state index is -0.612. The Labute approximate surface area is 93.3 Å². The summed E-state index contributed by atoms with van der Waals surface area (Å²) in [6, 6.07) is 6.71. The van der Waals surface area contributed by atoms with Gasteiger partial charge in [0.05, 0.1) is 6.61 Å². The maximum absolute atomic E-state index is 11.6. The summed E-state index contributed by atoms with van der Waals surface area (Å²) < 4.78 is 10.0. The van der Waals surface area contributed by atoms with E-state index in [-0.39, 0.29) is 5.90 Å². The van der Waals surface area contributed by atoms with Gasteiger partial charge < -0.3 is 14.7 Å². The lowest BCUT2D eigenvalue weighted by Gasteiger charge is -2.08. The van der Waals surface area contributed by atoms with Crippen LogP contribution in [0.3, 0.4) is 0 Å². The number of esters is 1. The van der Waals surface area contributed by atoms with Crippen LogP contribution in [0.25, 0.3) is 0 Å². The molecule has 0 radical (unpaired) electrons. The maximum Gasteiger partial charge on any atom is 0.348 e. The fraction of sp³-hybridized carbons (Fsp3) is 0.273. The Hall–Kier alpha value is -2.04. The zero-order chi connectivity index (χ0) is 12.0. The minimum absolute atomic E-state index is 0.115. The number of para-hydroxylation sites is 1. The Balaban J connectivity index is 2.90. The number of nitrogens with zero attached hydrogens (tertiary/aromatic N) is 1. The highest BCUT2D eigenvalue weighted by Crippen LogP contribution is 2.18. The van der Waals surface area contributed by atoms with Gasteiger partial charge in [0, 0.05) is 6.92 Å². The first-order chi connectivity index (χ1) is 7.69. The smallest absolute Gasteiger partial charge is 0.348 e. The molecule has 0 aliphatic heterocycles. The Bertz CT molecular complexity index is 401. The van der Waals surface area contributed by atoms with Crippen LogP contribution in [-0.4, -0.2) is 23.7 Å². The van der Waals surface area contributed by atoms with Gasteiger partial charge in [-0.15, -0.1) is 0 Å². The first-order valence-electron chi connectivity index (χ1n) is 4.81. The summed E-state index contributed by atoms with van der Waals surface area (Å²) in [6.07, 6.45) is 0. The summed E-state index contributed by atoms with van der Waals surface area (Å²) in [4.78, 5) is 11.6. The van der Waals surface area contributed by atoms with Crippen LogP contribution in [0, 0.1) is 0 Å². The molecular weight excluding hydrogens is 210 g/mol. The quantitative estimate of drug-likeness (QED) is 0.280. The largest absolute Gasteiger partial charge is 0.493 e. The van der Waals surface area contributed by atoms with Gasteiger partial charge in [-0.25, -0.2) is 4.79 Å². The normalized spacial score (nSPS) is 11.0. The summed E-state index contributed by atoms with van der Waals surface area (Å²) in [5.74, 6) is -0.281. The molecule has 1 N–H and O–H groups in total. The molecule has 86 valence electrons. The van der Waals surface area contributed by atoms with E-state index >= 15 is 0 Å². The van der Waals surface area contributed by atoms with Crippen LogP contribution in [-0.2, 0) is 4.74 Å². The fourth-order valence-corrected chi connectivity index (χ4v) is 1.13. The molecule has 0 aliphatic carbocycles. The van der Waals surface area contributed by atoms with E-state index in [1.807, 2.05) is 6.92 Å². The molecule has 0 unspecified atom stereocenters. The van der Waals surface area contributed by atoms with Crippen LogP contribution in [0.1, 0.15) is 24.2 Å². The molecule has 0 amide bonds. The average molecular weight is 223 g/mol. The molecule has 1 aromatic carbocycles. The van der Waals surface area contributed by atoms with E-state index in [1.54, 1.807) is 24.3 Å². The third-order valence-corrected chi connectivity index (χ3v) is 1.79. The van der Waals surface area contributed by atoms with E-state index in [0.717, 1.165) is 0 Å². The highest BCUT2D eigenvalue weighted by molar-refractivity contribution is 5.99. The molecule has 0 spiro atoms. The average Bonchev–Trinajstić information content (AvgIpc) is 2.30.